The average Bonchev–Trinajstić information content (AvgIpc) is 2.43. The standard InChI is InChI=1S/C14H14BrN3OS/c1-9(20-14-10(15)5-4-8-17-14)13(19)18-12-7-3-2-6-11(12)16/h2-9H,16H2,1H3,(H,18,19). The third-order valence-electron chi connectivity index (χ3n) is 2.60. The maximum absolute atomic E-state index is 12.1. The number of rotatable bonds is 4. The zero-order chi connectivity index (χ0) is 14.5. The zero-order valence-electron chi connectivity index (χ0n) is 10.8. The Hall–Kier alpha value is -1.53. The molecule has 6 heteroatoms. The van der Waals surface area contributed by atoms with Crippen molar-refractivity contribution in [2.75, 3.05) is 11.1 Å². The summed E-state index contributed by atoms with van der Waals surface area (Å²) in [6.45, 7) is 1.83. The van der Waals surface area contributed by atoms with Crippen LogP contribution in [0.15, 0.2) is 52.1 Å². The van der Waals surface area contributed by atoms with Crippen molar-refractivity contribution in [3.8, 4) is 0 Å². The predicted molar refractivity (Wildman–Crippen MR) is 86.7 cm³/mol. The van der Waals surface area contributed by atoms with E-state index >= 15 is 0 Å². The minimum Gasteiger partial charge on any atom is -0.397 e. The molecule has 1 aromatic carbocycles. The van der Waals surface area contributed by atoms with Crippen molar-refractivity contribution in [1.82, 2.24) is 4.98 Å². The van der Waals surface area contributed by atoms with Crippen LogP contribution in [-0.4, -0.2) is 16.1 Å². The molecule has 1 atom stereocenters. The number of anilines is 2. The first-order valence-electron chi connectivity index (χ1n) is 6.00. The number of carbonyl (C=O) groups excluding carboxylic acids is 1. The topological polar surface area (TPSA) is 68.0 Å². The zero-order valence-corrected chi connectivity index (χ0v) is 13.2. The van der Waals surface area contributed by atoms with Gasteiger partial charge in [0.25, 0.3) is 0 Å². The van der Waals surface area contributed by atoms with Crippen LogP contribution in [0, 0.1) is 0 Å². The fraction of sp³-hybridized carbons (Fsp3) is 0.143. The van der Waals surface area contributed by atoms with E-state index in [0.29, 0.717) is 11.4 Å². The number of nitrogens with two attached hydrogens (primary N) is 1. The smallest absolute Gasteiger partial charge is 0.237 e. The van der Waals surface area contributed by atoms with E-state index in [9.17, 15) is 4.79 Å². The molecule has 1 amide bonds. The molecule has 0 fully saturated rings. The fourth-order valence-electron chi connectivity index (χ4n) is 1.52. The van der Waals surface area contributed by atoms with Crippen LogP contribution >= 0.6 is 27.7 Å². The van der Waals surface area contributed by atoms with Crippen LogP contribution in [0.5, 0.6) is 0 Å². The van der Waals surface area contributed by atoms with Crippen LogP contribution < -0.4 is 11.1 Å². The Bertz CT molecular complexity index is 621. The first kappa shape index (κ1) is 14.9. The Kier molecular flexibility index (Phi) is 5.03. The monoisotopic (exact) mass is 351 g/mol. The molecule has 1 heterocycles. The van der Waals surface area contributed by atoms with E-state index in [1.807, 2.05) is 31.2 Å². The lowest BCUT2D eigenvalue weighted by Gasteiger charge is -2.13. The van der Waals surface area contributed by atoms with Gasteiger partial charge in [-0.3, -0.25) is 4.79 Å². The second-order valence-corrected chi connectivity index (χ2v) is 6.31. The van der Waals surface area contributed by atoms with Gasteiger partial charge in [0.05, 0.1) is 16.6 Å². The van der Waals surface area contributed by atoms with Gasteiger partial charge in [-0.25, -0.2) is 4.98 Å². The predicted octanol–water partition coefficient (Wildman–Crippen LogP) is 3.55. The highest BCUT2D eigenvalue weighted by Crippen LogP contribution is 2.29. The summed E-state index contributed by atoms with van der Waals surface area (Å²) in [7, 11) is 0. The lowest BCUT2D eigenvalue weighted by Crippen LogP contribution is -2.23. The van der Waals surface area contributed by atoms with E-state index < -0.39 is 0 Å². The van der Waals surface area contributed by atoms with Gasteiger partial charge in [0.2, 0.25) is 5.91 Å². The molecule has 0 aliphatic rings. The number of nitrogens with zero attached hydrogens (tertiary/aromatic N) is 1. The third-order valence-corrected chi connectivity index (χ3v) is 4.62. The van der Waals surface area contributed by atoms with E-state index in [0.717, 1.165) is 9.50 Å². The van der Waals surface area contributed by atoms with Gasteiger partial charge in [-0.05, 0) is 47.1 Å². The number of thioether (sulfide) groups is 1. The Morgan fingerprint density at radius 3 is 2.80 bits per heavy atom. The van der Waals surface area contributed by atoms with E-state index in [1.165, 1.54) is 11.8 Å². The summed E-state index contributed by atoms with van der Waals surface area (Å²) < 4.78 is 0.879. The molecule has 0 radical (unpaired) electrons. The number of benzene rings is 1. The van der Waals surface area contributed by atoms with E-state index in [2.05, 4.69) is 26.2 Å². The third kappa shape index (κ3) is 3.74. The Labute approximate surface area is 130 Å². The van der Waals surface area contributed by atoms with E-state index in [1.54, 1.807) is 18.3 Å². The lowest BCUT2D eigenvalue weighted by molar-refractivity contribution is -0.115. The van der Waals surface area contributed by atoms with Gasteiger partial charge in [0.15, 0.2) is 0 Å². The van der Waals surface area contributed by atoms with Crippen molar-refractivity contribution in [3.63, 3.8) is 0 Å². The molecule has 2 rings (SSSR count). The summed E-state index contributed by atoms with van der Waals surface area (Å²) in [5, 5.41) is 3.33. The van der Waals surface area contributed by atoms with Crippen LogP contribution in [0.25, 0.3) is 0 Å². The molecule has 0 saturated heterocycles. The maximum atomic E-state index is 12.1. The first-order valence-corrected chi connectivity index (χ1v) is 7.67. The Balaban J connectivity index is 2.03. The van der Waals surface area contributed by atoms with Gasteiger partial charge in [-0.2, -0.15) is 0 Å². The first-order chi connectivity index (χ1) is 9.58. The van der Waals surface area contributed by atoms with Crippen molar-refractivity contribution in [1.29, 1.82) is 0 Å². The highest BCUT2D eigenvalue weighted by Gasteiger charge is 2.17. The van der Waals surface area contributed by atoms with E-state index in [-0.39, 0.29) is 11.2 Å². The molecule has 2 aromatic rings. The number of pyridine rings is 1. The second-order valence-electron chi connectivity index (χ2n) is 4.13. The molecule has 1 aromatic heterocycles. The molecule has 1 unspecified atom stereocenters. The number of para-hydroxylation sites is 2. The number of amides is 1. The minimum atomic E-state index is -0.277. The molecule has 0 aliphatic carbocycles. The van der Waals surface area contributed by atoms with Crippen molar-refractivity contribution in [2.24, 2.45) is 0 Å². The summed E-state index contributed by atoms with van der Waals surface area (Å²) in [5.41, 5.74) is 6.99. The van der Waals surface area contributed by atoms with E-state index in [4.69, 9.17) is 5.73 Å². The molecule has 0 aliphatic heterocycles. The van der Waals surface area contributed by atoms with Crippen LogP contribution in [0.3, 0.4) is 0 Å². The molecule has 0 bridgehead atoms. The quantitative estimate of drug-likeness (QED) is 0.652. The molecular weight excluding hydrogens is 338 g/mol. The summed E-state index contributed by atoms with van der Waals surface area (Å²) in [6.07, 6.45) is 1.70. The van der Waals surface area contributed by atoms with Gasteiger partial charge >= 0.3 is 0 Å². The van der Waals surface area contributed by atoms with Crippen molar-refractivity contribution >= 4 is 45.0 Å². The number of hydrogen-bond acceptors (Lipinski definition) is 4. The highest BCUT2D eigenvalue weighted by molar-refractivity contribution is 9.10. The Morgan fingerprint density at radius 1 is 1.35 bits per heavy atom. The number of halogens is 1. The minimum absolute atomic E-state index is 0.106. The van der Waals surface area contributed by atoms with Gasteiger partial charge in [-0.15, -0.1) is 0 Å². The SMILES string of the molecule is CC(Sc1ncccc1Br)C(=O)Nc1ccccc1N. The number of aromatic nitrogens is 1. The number of nitrogen functional groups attached to an aromatic ring is 1. The summed E-state index contributed by atoms with van der Waals surface area (Å²) in [6, 6.07) is 10.9. The van der Waals surface area contributed by atoms with Gasteiger partial charge in [0.1, 0.15) is 5.03 Å². The molecular formula is C14H14BrN3OS. The molecule has 0 saturated carbocycles. The van der Waals surface area contributed by atoms with Crippen LogP contribution in [0.2, 0.25) is 0 Å². The second kappa shape index (κ2) is 6.76. The highest BCUT2D eigenvalue weighted by atomic mass is 79.9. The maximum Gasteiger partial charge on any atom is 0.237 e. The largest absolute Gasteiger partial charge is 0.397 e. The molecule has 4 nitrogen and oxygen atoms in total. The van der Waals surface area contributed by atoms with Crippen LogP contribution in [0.1, 0.15) is 6.92 Å². The van der Waals surface area contributed by atoms with Crippen molar-refractivity contribution in [2.45, 2.75) is 17.2 Å². The summed E-state index contributed by atoms with van der Waals surface area (Å²) >= 11 is 4.81. The van der Waals surface area contributed by atoms with Gasteiger partial charge in [-0.1, -0.05) is 23.9 Å². The lowest BCUT2D eigenvalue weighted by atomic mass is 10.2. The van der Waals surface area contributed by atoms with Gasteiger partial charge < -0.3 is 11.1 Å². The summed E-state index contributed by atoms with van der Waals surface area (Å²) in [4.78, 5) is 16.4. The van der Waals surface area contributed by atoms with Crippen LogP contribution in [0.4, 0.5) is 11.4 Å². The molecule has 3 N–H and O–H groups in total. The molecule has 0 spiro atoms. The normalized spacial score (nSPS) is 11.9. The fourth-order valence-corrected chi connectivity index (χ4v) is 2.86. The van der Waals surface area contributed by atoms with Gasteiger partial charge in [0, 0.05) is 10.7 Å². The number of nitrogens with one attached hydrogen (secondary N) is 1. The van der Waals surface area contributed by atoms with Crippen molar-refractivity contribution in [3.05, 3.63) is 47.1 Å². The summed E-state index contributed by atoms with van der Waals surface area (Å²) in [5.74, 6) is -0.106. The van der Waals surface area contributed by atoms with Crippen LogP contribution in [-0.2, 0) is 4.79 Å². The molecule has 104 valence electrons. The molecule has 20 heavy (non-hydrogen) atoms. The number of hydrogen-bond donors (Lipinski definition) is 2. The average molecular weight is 352 g/mol. The number of carbonyl (C=O) groups is 1. The Morgan fingerprint density at radius 2 is 2.10 bits per heavy atom. The van der Waals surface area contributed by atoms with Crippen molar-refractivity contribution < 1.29 is 4.79 Å².